The van der Waals surface area contributed by atoms with Crippen LogP contribution in [0.25, 0.3) is 0 Å². The van der Waals surface area contributed by atoms with E-state index >= 15 is 0 Å². The number of hydrogen-bond donors (Lipinski definition) is 0. The van der Waals surface area contributed by atoms with E-state index in [4.69, 9.17) is 0 Å². The first kappa shape index (κ1) is 55.0. The Morgan fingerprint density at radius 3 is 0.829 bits per heavy atom. The van der Waals surface area contributed by atoms with E-state index in [9.17, 15) is 48.3 Å². The SMILES string of the molecule is C.CC(C)(C(F)(F)F)C(F)(F)F.CC(C)(F)F.CC(C)=O.CCC.COC.CS(C)(=O)=O.CSC. The van der Waals surface area contributed by atoms with Gasteiger partial charge in [-0.1, -0.05) is 27.7 Å². The van der Waals surface area contributed by atoms with E-state index in [0.717, 1.165) is 26.4 Å². The molecule has 0 atom stereocenters. The van der Waals surface area contributed by atoms with Crippen molar-refractivity contribution in [1.29, 1.82) is 0 Å². The van der Waals surface area contributed by atoms with Crippen molar-refractivity contribution in [2.75, 3.05) is 39.2 Å². The number of alkyl halides is 8. The van der Waals surface area contributed by atoms with Gasteiger partial charge in [-0.25, -0.2) is 17.2 Å². The predicted octanol–water partition coefficient (Wildman–Crippen LogP) is 8.35. The van der Waals surface area contributed by atoms with Gasteiger partial charge in [-0.2, -0.15) is 38.1 Å². The van der Waals surface area contributed by atoms with Crippen LogP contribution in [0.4, 0.5) is 35.1 Å². The molecule has 0 aromatic heterocycles. The molecule has 0 radical (unpaired) electrons. The van der Waals surface area contributed by atoms with Crippen molar-refractivity contribution < 1.29 is 53.1 Å². The Balaban J connectivity index is -0.0000000435. The van der Waals surface area contributed by atoms with Gasteiger partial charge in [0.1, 0.15) is 15.6 Å². The van der Waals surface area contributed by atoms with Gasteiger partial charge in [0, 0.05) is 26.7 Å². The van der Waals surface area contributed by atoms with Crippen LogP contribution in [0.3, 0.4) is 0 Å². The minimum atomic E-state index is -5.24. The molecule has 4 nitrogen and oxygen atoms in total. The first-order valence-electron chi connectivity index (χ1n) is 9.41. The number of ether oxygens (including phenoxy) is 1. The fourth-order valence-corrected chi connectivity index (χ4v) is 0.161. The van der Waals surface area contributed by atoms with Crippen molar-refractivity contribution >= 4 is 27.4 Å². The van der Waals surface area contributed by atoms with Crippen molar-refractivity contribution in [3.8, 4) is 0 Å². The number of carbonyl (C=O) groups is 1. The zero-order valence-electron chi connectivity index (χ0n) is 22.7. The second kappa shape index (κ2) is 27.9. The molecule has 0 rings (SSSR count). The molecule has 0 aliphatic heterocycles. The maximum Gasteiger partial charge on any atom is 0.402 e. The molecular weight excluding hydrogens is 532 g/mol. The highest BCUT2D eigenvalue weighted by Crippen LogP contribution is 2.49. The third kappa shape index (κ3) is 109. The van der Waals surface area contributed by atoms with Crippen LogP contribution in [0.2, 0.25) is 0 Å². The average molecular weight is 581 g/mol. The number of Topliss-reactive ketones (excluding diaryl/α,β-unsaturated/α-hetero) is 1. The molecule has 0 heterocycles. The first-order valence-corrected chi connectivity index (χ1v) is 13.3. The molecule has 0 amide bonds. The molecule has 0 aromatic rings. The molecule has 0 aliphatic rings. The lowest BCUT2D eigenvalue weighted by molar-refractivity contribution is -0.327. The standard InChI is InChI=1S/C5H6F6.C3H6F2.C3H6O.C3H8.C2H6O2S.C2H6O.C2H6S.CH4/c1-3(2,4(6,7)8)5(9,10)11;1-3(2,4)5;1-3(2)4;1-3-2;1-5(2,3)4;2*1-3-2;/h1-2H3;1-2H3;1-2H3;3H2,1-2H3;1-2H3;2*1-2H3;1H4. The molecule has 0 saturated carbocycles. The summed E-state index contributed by atoms with van der Waals surface area (Å²) in [6.07, 6.45) is -2.84. The molecule has 35 heavy (non-hydrogen) atoms. The summed E-state index contributed by atoms with van der Waals surface area (Å²) < 4.78 is 115. The lowest BCUT2D eigenvalue weighted by Crippen LogP contribution is -2.44. The Kier molecular flexibility index (Phi) is 44.0. The Morgan fingerprint density at radius 1 is 0.771 bits per heavy atom. The van der Waals surface area contributed by atoms with Crippen molar-refractivity contribution in [2.24, 2.45) is 5.41 Å². The van der Waals surface area contributed by atoms with E-state index < -0.39 is 33.5 Å². The maximum absolute atomic E-state index is 11.6. The third-order valence-electron chi connectivity index (χ3n) is 1.42. The highest BCUT2D eigenvalue weighted by atomic mass is 32.2. The zero-order valence-corrected chi connectivity index (χ0v) is 24.3. The maximum atomic E-state index is 11.6. The van der Waals surface area contributed by atoms with E-state index in [1.807, 2.05) is 12.5 Å². The van der Waals surface area contributed by atoms with Gasteiger partial charge in [-0.15, -0.1) is 0 Å². The molecule has 0 bridgehead atoms. The van der Waals surface area contributed by atoms with Crippen LogP contribution in [0.15, 0.2) is 0 Å². The van der Waals surface area contributed by atoms with Crippen LogP contribution >= 0.6 is 11.8 Å². The zero-order chi connectivity index (χ0) is 30.2. The summed E-state index contributed by atoms with van der Waals surface area (Å²) in [4.78, 5) is 9.44. The predicted molar refractivity (Wildman–Crippen MR) is 134 cm³/mol. The van der Waals surface area contributed by atoms with Gasteiger partial charge in [0.15, 0.2) is 5.41 Å². The quantitative estimate of drug-likeness (QED) is 0.270. The average Bonchev–Trinajstić information content (AvgIpc) is 2.43. The van der Waals surface area contributed by atoms with Crippen LogP contribution in [-0.2, 0) is 19.4 Å². The summed E-state index contributed by atoms with van der Waals surface area (Å²) >= 11 is 1.75. The number of halogens is 8. The Bertz CT molecular complexity index is 488. The van der Waals surface area contributed by atoms with Gasteiger partial charge in [0.05, 0.1) is 0 Å². The summed E-state index contributed by atoms with van der Waals surface area (Å²) in [5.41, 5.74) is -3.62. The minimum absolute atomic E-state index is 0. The number of carbonyl (C=O) groups excluding carboxylic acids is 1. The molecule has 14 heteroatoms. The number of methoxy groups -OCH3 is 1. The first-order chi connectivity index (χ1) is 14.5. The Morgan fingerprint density at radius 2 is 0.829 bits per heavy atom. The highest BCUT2D eigenvalue weighted by Gasteiger charge is 2.64. The fourth-order valence-electron chi connectivity index (χ4n) is 0.161. The largest absolute Gasteiger partial charge is 0.402 e. The normalized spacial score (nSPS) is 10.5. The molecule has 0 saturated heterocycles. The van der Waals surface area contributed by atoms with Gasteiger partial charge >= 0.3 is 12.4 Å². The molecule has 0 fully saturated rings. The highest BCUT2D eigenvalue weighted by molar-refractivity contribution is 7.97. The summed E-state index contributed by atoms with van der Waals surface area (Å²) in [7, 11) is 0.583. The van der Waals surface area contributed by atoms with E-state index in [0.29, 0.717) is 0 Å². The number of thioether (sulfide) groups is 1. The van der Waals surface area contributed by atoms with Crippen LogP contribution in [0, 0.1) is 5.41 Å². The molecule has 0 unspecified atom stereocenters. The lowest BCUT2D eigenvalue weighted by atomic mass is 9.92. The number of ketones is 1. The van der Waals surface area contributed by atoms with Crippen LogP contribution in [0.1, 0.15) is 69.2 Å². The summed E-state index contributed by atoms with van der Waals surface area (Å²) in [6, 6.07) is 0. The van der Waals surface area contributed by atoms with E-state index in [-0.39, 0.29) is 27.1 Å². The van der Waals surface area contributed by atoms with E-state index in [1.165, 1.54) is 20.3 Å². The van der Waals surface area contributed by atoms with E-state index in [2.05, 4.69) is 18.6 Å². The van der Waals surface area contributed by atoms with Crippen LogP contribution in [0.5, 0.6) is 0 Å². The molecule has 0 spiro atoms. The summed E-state index contributed by atoms with van der Waals surface area (Å²) in [6.45, 7) is 9.22. The number of hydrogen-bond acceptors (Lipinski definition) is 5. The second-order valence-electron chi connectivity index (χ2n) is 7.52. The Labute approximate surface area is 212 Å². The smallest absolute Gasteiger partial charge is 0.388 e. The lowest BCUT2D eigenvalue weighted by Gasteiger charge is -2.29. The van der Waals surface area contributed by atoms with Crippen molar-refractivity contribution in [3.05, 3.63) is 0 Å². The van der Waals surface area contributed by atoms with Gasteiger partial charge in [-0.05, 0) is 54.1 Å². The Hall–Kier alpha value is -0.630. The van der Waals surface area contributed by atoms with Gasteiger partial charge < -0.3 is 9.53 Å². The van der Waals surface area contributed by atoms with Crippen molar-refractivity contribution in [2.45, 2.75) is 87.5 Å². The molecule has 0 N–H and O–H groups in total. The molecule has 0 aromatic carbocycles. The topological polar surface area (TPSA) is 60.4 Å². The number of rotatable bonds is 0. The second-order valence-corrected chi connectivity index (χ2v) is 10.6. The van der Waals surface area contributed by atoms with Crippen LogP contribution < -0.4 is 0 Å². The van der Waals surface area contributed by atoms with E-state index in [1.54, 1.807) is 26.0 Å². The van der Waals surface area contributed by atoms with Crippen molar-refractivity contribution in [3.63, 3.8) is 0 Å². The van der Waals surface area contributed by atoms with Crippen LogP contribution in [-0.4, -0.2) is 71.7 Å². The number of sulfone groups is 1. The fraction of sp³-hybridized carbons (Fsp3) is 0.952. The van der Waals surface area contributed by atoms with Gasteiger partial charge in [0.25, 0.3) is 0 Å². The summed E-state index contributed by atoms with van der Waals surface area (Å²) in [5, 5.41) is 0. The molecular formula is C21H48F8O4S2. The third-order valence-corrected chi connectivity index (χ3v) is 1.42. The van der Waals surface area contributed by atoms with Crippen molar-refractivity contribution in [1.82, 2.24) is 0 Å². The molecule has 0 aliphatic carbocycles. The molecule has 224 valence electrons. The van der Waals surface area contributed by atoms with Gasteiger partial charge in [-0.3, -0.25) is 0 Å². The summed E-state index contributed by atoms with van der Waals surface area (Å²) in [5.74, 6) is -2.33. The minimum Gasteiger partial charge on any atom is -0.388 e. The van der Waals surface area contributed by atoms with Gasteiger partial charge in [0.2, 0.25) is 5.92 Å². The monoisotopic (exact) mass is 580 g/mol.